The summed E-state index contributed by atoms with van der Waals surface area (Å²) >= 11 is 0. The zero-order chi connectivity index (χ0) is 9.90. The predicted molar refractivity (Wildman–Crippen MR) is 51.3 cm³/mol. The first-order valence-electron chi connectivity index (χ1n) is 4.28. The van der Waals surface area contributed by atoms with Crippen LogP contribution in [0.5, 0.6) is 0 Å². The van der Waals surface area contributed by atoms with Crippen molar-refractivity contribution in [1.29, 1.82) is 0 Å². The van der Waals surface area contributed by atoms with E-state index < -0.39 is 0 Å². The van der Waals surface area contributed by atoms with Gasteiger partial charge in [0, 0.05) is 5.54 Å². The SMILES string of the molecule is CC(C)(C)NNC([O-])=C1C=CC=C1. The third-order valence-electron chi connectivity index (χ3n) is 1.48. The summed E-state index contributed by atoms with van der Waals surface area (Å²) in [5.74, 6) is -0.0973. The van der Waals surface area contributed by atoms with E-state index in [0.29, 0.717) is 5.57 Å². The molecule has 13 heavy (non-hydrogen) atoms. The molecule has 1 aliphatic carbocycles. The molecule has 1 aliphatic rings. The van der Waals surface area contributed by atoms with Crippen LogP contribution in [0.2, 0.25) is 0 Å². The Hall–Kier alpha value is -1.22. The molecule has 0 aromatic heterocycles. The Kier molecular flexibility index (Phi) is 2.78. The maximum absolute atomic E-state index is 11.4. The number of allylic oxidation sites excluding steroid dienone is 5. The van der Waals surface area contributed by atoms with Gasteiger partial charge < -0.3 is 10.5 Å². The molecule has 0 unspecified atom stereocenters. The van der Waals surface area contributed by atoms with Gasteiger partial charge in [-0.3, -0.25) is 0 Å². The van der Waals surface area contributed by atoms with Crippen LogP contribution in [0.25, 0.3) is 0 Å². The molecular weight excluding hydrogens is 164 g/mol. The van der Waals surface area contributed by atoms with Crippen molar-refractivity contribution in [2.24, 2.45) is 0 Å². The molecule has 72 valence electrons. The molecule has 0 saturated carbocycles. The molecule has 0 saturated heterocycles. The highest BCUT2D eigenvalue weighted by Gasteiger charge is 2.07. The number of hydrogen-bond donors (Lipinski definition) is 2. The smallest absolute Gasteiger partial charge is 0.0286 e. The highest BCUT2D eigenvalue weighted by atomic mass is 16.3. The fraction of sp³-hybridized carbons (Fsp3) is 0.400. The Morgan fingerprint density at radius 3 is 2.23 bits per heavy atom. The molecule has 0 amide bonds. The van der Waals surface area contributed by atoms with Crippen molar-refractivity contribution >= 4 is 0 Å². The Labute approximate surface area is 78.8 Å². The summed E-state index contributed by atoms with van der Waals surface area (Å²) in [6, 6.07) is 0. The minimum atomic E-state index is -0.109. The van der Waals surface area contributed by atoms with Gasteiger partial charge in [-0.05, 0) is 32.2 Å². The molecular formula is C10H15N2O-. The largest absolute Gasteiger partial charge is 0.859 e. The molecule has 1 rings (SSSR count). The van der Waals surface area contributed by atoms with Crippen LogP contribution in [0.3, 0.4) is 0 Å². The summed E-state index contributed by atoms with van der Waals surface area (Å²) in [5, 5.41) is 11.4. The summed E-state index contributed by atoms with van der Waals surface area (Å²) in [6.45, 7) is 5.95. The van der Waals surface area contributed by atoms with Gasteiger partial charge >= 0.3 is 0 Å². The van der Waals surface area contributed by atoms with Crippen LogP contribution in [0.15, 0.2) is 35.8 Å². The van der Waals surface area contributed by atoms with Crippen LogP contribution >= 0.6 is 0 Å². The number of hydrogen-bond acceptors (Lipinski definition) is 3. The van der Waals surface area contributed by atoms with Gasteiger partial charge in [-0.25, -0.2) is 5.43 Å². The fourth-order valence-corrected chi connectivity index (χ4v) is 0.842. The zero-order valence-electron chi connectivity index (χ0n) is 8.22. The van der Waals surface area contributed by atoms with E-state index in [2.05, 4.69) is 10.9 Å². The van der Waals surface area contributed by atoms with Crippen molar-refractivity contribution in [3.05, 3.63) is 35.8 Å². The van der Waals surface area contributed by atoms with Gasteiger partial charge in [0.1, 0.15) is 0 Å². The van der Waals surface area contributed by atoms with Gasteiger partial charge in [-0.15, -0.1) is 0 Å². The molecule has 0 aromatic rings. The molecule has 0 atom stereocenters. The van der Waals surface area contributed by atoms with Gasteiger partial charge in [0.2, 0.25) is 0 Å². The van der Waals surface area contributed by atoms with E-state index in [1.165, 1.54) is 0 Å². The molecule has 0 radical (unpaired) electrons. The first-order chi connectivity index (χ1) is 5.99. The topological polar surface area (TPSA) is 47.1 Å². The predicted octanol–water partition coefficient (Wildman–Crippen LogP) is 0.577. The maximum atomic E-state index is 11.4. The standard InChI is InChI=1S/C10H16N2O/c1-10(2,3)12-11-9(13)8-6-4-5-7-8/h4-7,11-13H,1-3H3/p-1. The fourth-order valence-electron chi connectivity index (χ4n) is 0.842. The van der Waals surface area contributed by atoms with E-state index in [-0.39, 0.29) is 11.4 Å². The Balaban J connectivity index is 2.51. The second-order valence-electron chi connectivity index (χ2n) is 4.00. The summed E-state index contributed by atoms with van der Waals surface area (Å²) < 4.78 is 0. The van der Waals surface area contributed by atoms with Crippen LogP contribution in [-0.2, 0) is 0 Å². The zero-order valence-corrected chi connectivity index (χ0v) is 8.22. The molecule has 3 nitrogen and oxygen atoms in total. The van der Waals surface area contributed by atoms with E-state index in [0.717, 1.165) is 0 Å². The highest BCUT2D eigenvalue weighted by molar-refractivity contribution is 5.40. The van der Waals surface area contributed by atoms with E-state index in [1.807, 2.05) is 32.9 Å². The van der Waals surface area contributed by atoms with Crippen molar-refractivity contribution in [1.82, 2.24) is 10.9 Å². The molecule has 0 aliphatic heterocycles. The van der Waals surface area contributed by atoms with Crippen molar-refractivity contribution < 1.29 is 5.11 Å². The summed E-state index contributed by atoms with van der Waals surface area (Å²) in [6.07, 6.45) is 7.23. The normalized spacial score (nSPS) is 15.2. The minimum Gasteiger partial charge on any atom is -0.859 e. The first kappa shape index (κ1) is 9.86. The van der Waals surface area contributed by atoms with Gasteiger partial charge in [0.15, 0.2) is 0 Å². The van der Waals surface area contributed by atoms with Gasteiger partial charge in [0.25, 0.3) is 0 Å². The molecule has 0 spiro atoms. The van der Waals surface area contributed by atoms with Crippen LogP contribution in [0, 0.1) is 0 Å². The van der Waals surface area contributed by atoms with Gasteiger partial charge in [0.05, 0.1) is 0 Å². The van der Waals surface area contributed by atoms with Crippen molar-refractivity contribution in [2.75, 3.05) is 0 Å². The highest BCUT2D eigenvalue weighted by Crippen LogP contribution is 2.07. The van der Waals surface area contributed by atoms with Crippen LogP contribution in [0.4, 0.5) is 0 Å². The second-order valence-corrected chi connectivity index (χ2v) is 4.00. The Morgan fingerprint density at radius 2 is 1.77 bits per heavy atom. The van der Waals surface area contributed by atoms with Crippen LogP contribution in [-0.4, -0.2) is 5.54 Å². The average Bonchev–Trinajstić information content (AvgIpc) is 2.50. The molecule has 0 bridgehead atoms. The van der Waals surface area contributed by atoms with E-state index in [9.17, 15) is 5.11 Å². The maximum Gasteiger partial charge on any atom is 0.0286 e. The lowest BCUT2D eigenvalue weighted by Crippen LogP contribution is -2.48. The third-order valence-corrected chi connectivity index (χ3v) is 1.48. The van der Waals surface area contributed by atoms with Crippen molar-refractivity contribution in [3.8, 4) is 0 Å². The van der Waals surface area contributed by atoms with Gasteiger partial charge in [-0.2, -0.15) is 0 Å². The average molecular weight is 179 g/mol. The van der Waals surface area contributed by atoms with E-state index in [1.54, 1.807) is 12.2 Å². The summed E-state index contributed by atoms with van der Waals surface area (Å²) in [4.78, 5) is 0. The van der Waals surface area contributed by atoms with Crippen molar-refractivity contribution in [3.63, 3.8) is 0 Å². The van der Waals surface area contributed by atoms with Crippen LogP contribution in [0.1, 0.15) is 20.8 Å². The van der Waals surface area contributed by atoms with Crippen molar-refractivity contribution in [2.45, 2.75) is 26.3 Å². The number of rotatable bonds is 2. The lowest BCUT2D eigenvalue weighted by Gasteiger charge is -2.26. The lowest BCUT2D eigenvalue weighted by molar-refractivity contribution is -0.315. The quantitative estimate of drug-likeness (QED) is 0.481. The lowest BCUT2D eigenvalue weighted by atomic mass is 10.1. The van der Waals surface area contributed by atoms with Gasteiger partial charge in [-0.1, -0.05) is 24.3 Å². The molecule has 3 heteroatoms. The summed E-state index contributed by atoms with van der Waals surface area (Å²) in [7, 11) is 0. The second kappa shape index (κ2) is 3.66. The number of nitrogens with one attached hydrogen (secondary N) is 2. The number of hydrazine groups is 1. The summed E-state index contributed by atoms with van der Waals surface area (Å²) in [5.41, 5.74) is 6.12. The monoisotopic (exact) mass is 179 g/mol. The molecule has 2 N–H and O–H groups in total. The Bertz CT molecular complexity index is 255. The van der Waals surface area contributed by atoms with E-state index >= 15 is 0 Å². The third kappa shape index (κ3) is 3.34. The molecule has 0 aromatic carbocycles. The van der Waals surface area contributed by atoms with Crippen LogP contribution < -0.4 is 16.0 Å². The molecule has 0 heterocycles. The van der Waals surface area contributed by atoms with E-state index in [4.69, 9.17) is 0 Å². The first-order valence-corrected chi connectivity index (χ1v) is 4.28. The Morgan fingerprint density at radius 1 is 1.23 bits per heavy atom. The molecule has 0 fully saturated rings. The minimum absolute atomic E-state index is 0.0973.